The average Bonchev–Trinajstić information content (AvgIpc) is 3.43. The highest BCUT2D eigenvalue weighted by atomic mass is 16.5. The topological polar surface area (TPSA) is 126 Å². The van der Waals surface area contributed by atoms with Gasteiger partial charge in [-0.1, -0.05) is 0 Å². The maximum Gasteiger partial charge on any atom is 0.239 e. The lowest BCUT2D eigenvalue weighted by Gasteiger charge is -2.38. The second kappa shape index (κ2) is 8.31. The molecule has 6 heterocycles. The first kappa shape index (κ1) is 21.5. The summed E-state index contributed by atoms with van der Waals surface area (Å²) in [5.41, 5.74) is 8.38. The minimum Gasteiger partial charge on any atom is -0.378 e. The molecule has 1 unspecified atom stereocenters. The number of nitrogens with one attached hydrogen (secondary N) is 1. The van der Waals surface area contributed by atoms with E-state index in [9.17, 15) is 4.79 Å². The molecule has 0 bridgehead atoms. The van der Waals surface area contributed by atoms with E-state index in [1.165, 1.54) is 0 Å². The van der Waals surface area contributed by atoms with Gasteiger partial charge in [-0.3, -0.25) is 4.79 Å². The Bertz CT molecular complexity index is 1080. The standard InChI is InChI=1S/C23H31N9O2/c1-23(4-7-31(14-23)20(33)17-2-5-25-17)32-6-3-16-18(15-12-26-21(24)27-13-15)28-22(29-19(16)32)30-8-10-34-11-9-30/h12-13,17,25H,2-11,14H2,1H3,(H2,24,26,27)/t17?,23-/m0/s1. The lowest BCUT2D eigenvalue weighted by molar-refractivity contribution is -0.134. The van der Waals surface area contributed by atoms with Gasteiger partial charge in [-0.25, -0.2) is 15.0 Å². The second-order valence-corrected chi connectivity index (χ2v) is 9.81. The third-order valence-electron chi connectivity index (χ3n) is 7.59. The zero-order valence-electron chi connectivity index (χ0n) is 19.5. The highest BCUT2D eigenvalue weighted by Gasteiger charge is 2.46. The van der Waals surface area contributed by atoms with Gasteiger partial charge in [0.1, 0.15) is 5.82 Å². The van der Waals surface area contributed by atoms with Gasteiger partial charge in [0.2, 0.25) is 17.8 Å². The molecule has 0 saturated carbocycles. The molecule has 11 nitrogen and oxygen atoms in total. The van der Waals surface area contributed by atoms with Gasteiger partial charge < -0.3 is 30.5 Å². The van der Waals surface area contributed by atoms with Crippen LogP contribution in [0.25, 0.3) is 11.3 Å². The Morgan fingerprint density at radius 2 is 1.94 bits per heavy atom. The van der Waals surface area contributed by atoms with Crippen molar-refractivity contribution < 1.29 is 9.53 Å². The molecule has 3 fully saturated rings. The van der Waals surface area contributed by atoms with Gasteiger partial charge in [-0.05, 0) is 32.7 Å². The van der Waals surface area contributed by atoms with Crippen LogP contribution >= 0.6 is 0 Å². The number of fused-ring (bicyclic) bond motifs is 1. The van der Waals surface area contributed by atoms with Gasteiger partial charge >= 0.3 is 0 Å². The van der Waals surface area contributed by atoms with Crippen molar-refractivity contribution in [2.75, 3.05) is 68.0 Å². The smallest absolute Gasteiger partial charge is 0.239 e. The van der Waals surface area contributed by atoms with Gasteiger partial charge in [0.25, 0.3) is 0 Å². The van der Waals surface area contributed by atoms with Crippen molar-refractivity contribution in [3.05, 3.63) is 18.0 Å². The Morgan fingerprint density at radius 1 is 1.18 bits per heavy atom. The van der Waals surface area contributed by atoms with E-state index in [0.717, 1.165) is 74.6 Å². The van der Waals surface area contributed by atoms with Crippen LogP contribution in [-0.4, -0.2) is 94.8 Å². The number of hydrogen-bond acceptors (Lipinski definition) is 10. The zero-order chi connectivity index (χ0) is 23.3. The summed E-state index contributed by atoms with van der Waals surface area (Å²) in [7, 11) is 0. The first-order valence-electron chi connectivity index (χ1n) is 12.1. The number of anilines is 3. The molecule has 34 heavy (non-hydrogen) atoms. The van der Waals surface area contributed by atoms with Crippen molar-refractivity contribution in [1.29, 1.82) is 0 Å². The van der Waals surface area contributed by atoms with Crippen molar-refractivity contribution in [3.63, 3.8) is 0 Å². The van der Waals surface area contributed by atoms with Crippen molar-refractivity contribution in [2.24, 2.45) is 0 Å². The van der Waals surface area contributed by atoms with E-state index in [1.807, 2.05) is 4.90 Å². The van der Waals surface area contributed by atoms with Crippen molar-refractivity contribution >= 4 is 23.6 Å². The molecule has 2 aromatic rings. The zero-order valence-corrected chi connectivity index (χ0v) is 19.5. The quantitative estimate of drug-likeness (QED) is 0.640. The van der Waals surface area contributed by atoms with E-state index in [0.29, 0.717) is 25.7 Å². The summed E-state index contributed by atoms with van der Waals surface area (Å²) < 4.78 is 5.54. The number of amides is 1. The van der Waals surface area contributed by atoms with Gasteiger partial charge in [-0.2, -0.15) is 4.98 Å². The first-order valence-corrected chi connectivity index (χ1v) is 12.1. The first-order chi connectivity index (χ1) is 16.5. The fourth-order valence-electron chi connectivity index (χ4n) is 5.45. The highest BCUT2D eigenvalue weighted by Crippen LogP contribution is 2.41. The lowest BCUT2D eigenvalue weighted by Crippen LogP contribution is -2.55. The molecule has 180 valence electrons. The predicted molar refractivity (Wildman–Crippen MR) is 128 cm³/mol. The van der Waals surface area contributed by atoms with E-state index in [2.05, 4.69) is 32.0 Å². The molecule has 0 radical (unpaired) electrons. The molecule has 0 aliphatic carbocycles. The number of hydrogen-bond donors (Lipinski definition) is 2. The summed E-state index contributed by atoms with van der Waals surface area (Å²) in [6.07, 6.45) is 6.16. The number of rotatable bonds is 4. The van der Waals surface area contributed by atoms with Crippen molar-refractivity contribution in [1.82, 2.24) is 30.2 Å². The highest BCUT2D eigenvalue weighted by molar-refractivity contribution is 5.83. The molecule has 0 spiro atoms. The number of nitrogen functional groups attached to an aromatic ring is 1. The Labute approximate surface area is 198 Å². The van der Waals surface area contributed by atoms with Crippen LogP contribution in [0.2, 0.25) is 0 Å². The summed E-state index contributed by atoms with van der Waals surface area (Å²) in [5, 5.41) is 3.25. The summed E-state index contributed by atoms with van der Waals surface area (Å²) in [6, 6.07) is -0.0134. The minimum absolute atomic E-state index is 0.0134. The van der Waals surface area contributed by atoms with Gasteiger partial charge in [0.05, 0.1) is 30.5 Å². The van der Waals surface area contributed by atoms with Crippen LogP contribution in [0.4, 0.5) is 17.7 Å². The Kier molecular flexibility index (Phi) is 5.25. The monoisotopic (exact) mass is 465 g/mol. The molecule has 2 atom stereocenters. The largest absolute Gasteiger partial charge is 0.378 e. The third kappa shape index (κ3) is 3.63. The maximum atomic E-state index is 12.9. The molecule has 4 aliphatic heterocycles. The molecular weight excluding hydrogens is 434 g/mol. The van der Waals surface area contributed by atoms with E-state index < -0.39 is 0 Å². The van der Waals surface area contributed by atoms with Crippen LogP contribution in [0.5, 0.6) is 0 Å². The normalized spacial score (nSPS) is 26.5. The number of nitrogens with two attached hydrogens (primary N) is 1. The van der Waals surface area contributed by atoms with Crippen LogP contribution in [0.3, 0.4) is 0 Å². The Hall–Kier alpha value is -3.05. The SMILES string of the molecule is C[C@]1(N2CCc3c(-c4cnc(N)nc4)nc(N4CCOCC4)nc32)CCN(C(=O)C2CCN2)C1. The number of ether oxygens (including phenoxy) is 1. The van der Waals surface area contributed by atoms with Crippen molar-refractivity contribution in [2.45, 2.75) is 37.8 Å². The molecule has 3 N–H and O–H groups in total. The summed E-state index contributed by atoms with van der Waals surface area (Å²) in [4.78, 5) is 37.9. The number of aromatic nitrogens is 4. The van der Waals surface area contributed by atoms with E-state index in [1.54, 1.807) is 12.4 Å². The molecule has 1 amide bonds. The fourth-order valence-corrected chi connectivity index (χ4v) is 5.45. The molecule has 4 aliphatic rings. The Balaban J connectivity index is 1.36. The van der Waals surface area contributed by atoms with Crippen LogP contribution in [0.15, 0.2) is 12.4 Å². The van der Waals surface area contributed by atoms with Gasteiger partial charge in [0.15, 0.2) is 0 Å². The molecular formula is C23H31N9O2. The predicted octanol–water partition coefficient (Wildman–Crippen LogP) is 0.0678. The minimum atomic E-state index is -0.170. The van der Waals surface area contributed by atoms with Gasteiger partial charge in [-0.15, -0.1) is 0 Å². The lowest BCUT2D eigenvalue weighted by atomic mass is 9.99. The van der Waals surface area contributed by atoms with Crippen molar-refractivity contribution in [3.8, 4) is 11.3 Å². The van der Waals surface area contributed by atoms with E-state index in [4.69, 9.17) is 20.4 Å². The average molecular weight is 466 g/mol. The van der Waals surface area contributed by atoms with Crippen LogP contribution in [-0.2, 0) is 16.0 Å². The number of nitrogens with zero attached hydrogens (tertiary/aromatic N) is 7. The number of likely N-dealkylation sites (tertiary alicyclic amines) is 1. The van der Waals surface area contributed by atoms with Gasteiger partial charge in [0, 0.05) is 56.2 Å². The van der Waals surface area contributed by atoms with Crippen LogP contribution < -0.4 is 20.9 Å². The second-order valence-electron chi connectivity index (χ2n) is 9.81. The van der Waals surface area contributed by atoms with Crippen LogP contribution in [0, 0.1) is 0 Å². The molecule has 2 aromatic heterocycles. The number of carbonyl (C=O) groups is 1. The fraction of sp³-hybridized carbons (Fsp3) is 0.609. The molecule has 11 heteroatoms. The van der Waals surface area contributed by atoms with Crippen LogP contribution in [0.1, 0.15) is 25.3 Å². The summed E-state index contributed by atoms with van der Waals surface area (Å²) >= 11 is 0. The molecule has 3 saturated heterocycles. The summed E-state index contributed by atoms with van der Waals surface area (Å²) in [5.74, 6) is 2.13. The van der Waals surface area contributed by atoms with E-state index >= 15 is 0 Å². The maximum absolute atomic E-state index is 12.9. The van der Waals surface area contributed by atoms with E-state index in [-0.39, 0.29) is 23.4 Å². The Morgan fingerprint density at radius 3 is 2.65 bits per heavy atom. The third-order valence-corrected chi connectivity index (χ3v) is 7.59. The number of morpholine rings is 1. The summed E-state index contributed by atoms with van der Waals surface area (Å²) in [6.45, 7) is 8.35. The molecule has 6 rings (SSSR count). The molecule has 0 aromatic carbocycles. The number of carbonyl (C=O) groups excluding carboxylic acids is 1.